The van der Waals surface area contributed by atoms with Crippen LogP contribution >= 0.6 is 0 Å². The zero-order valence-corrected chi connectivity index (χ0v) is 21.9. The molecule has 1 saturated carbocycles. The van der Waals surface area contributed by atoms with E-state index in [-0.39, 0.29) is 18.5 Å². The molecule has 0 unspecified atom stereocenters. The van der Waals surface area contributed by atoms with E-state index in [9.17, 15) is 22.4 Å². The highest BCUT2D eigenvalue weighted by atomic mass is 19.4. The zero-order chi connectivity index (χ0) is 28.4. The van der Waals surface area contributed by atoms with Crippen molar-refractivity contribution in [2.45, 2.75) is 57.5 Å². The maximum absolute atomic E-state index is 14.4. The Morgan fingerprint density at radius 1 is 1.18 bits per heavy atom. The fourth-order valence-corrected chi connectivity index (χ4v) is 4.89. The number of likely N-dealkylation sites (N-methyl/N-ethyl adjacent to an activating group) is 1. The predicted octanol–water partition coefficient (Wildman–Crippen LogP) is 4.59. The van der Waals surface area contributed by atoms with Crippen LogP contribution in [0.4, 0.5) is 23.4 Å². The molecule has 40 heavy (non-hydrogen) atoms. The molecular formula is C26H28F4N8O2. The Kier molecular flexibility index (Phi) is 7.59. The van der Waals surface area contributed by atoms with E-state index in [4.69, 9.17) is 9.84 Å². The average Bonchev–Trinajstić information content (AvgIpc) is 3.54. The maximum Gasteiger partial charge on any atom is 0.419 e. The summed E-state index contributed by atoms with van der Waals surface area (Å²) in [5, 5.41) is 15.8. The number of alkyl halides is 3. The normalized spacial score (nSPS) is 17.6. The number of rotatable bonds is 8. The maximum atomic E-state index is 14.4. The lowest BCUT2D eigenvalue weighted by atomic mass is 9.93. The van der Waals surface area contributed by atoms with E-state index < -0.39 is 29.5 Å². The molecule has 1 amide bonds. The van der Waals surface area contributed by atoms with Crippen LogP contribution in [-0.4, -0.2) is 55.1 Å². The molecule has 14 heteroatoms. The lowest BCUT2D eigenvalue weighted by Crippen LogP contribution is -2.27. The van der Waals surface area contributed by atoms with Gasteiger partial charge in [0.15, 0.2) is 5.82 Å². The van der Waals surface area contributed by atoms with Gasteiger partial charge < -0.3 is 15.4 Å². The molecule has 10 nitrogen and oxygen atoms in total. The lowest BCUT2D eigenvalue weighted by molar-refractivity contribution is -0.140. The Labute approximate surface area is 226 Å². The van der Waals surface area contributed by atoms with Gasteiger partial charge in [-0.15, -0.1) is 0 Å². The summed E-state index contributed by atoms with van der Waals surface area (Å²) >= 11 is 0. The summed E-state index contributed by atoms with van der Waals surface area (Å²) in [6.45, 7) is 2.73. The van der Waals surface area contributed by atoms with Crippen molar-refractivity contribution in [3.8, 4) is 17.1 Å². The standard InChI is InChI=1S/C26H28F4N8O2/c1-3-32-21-10-20-18(12-34-21)24(15-11-35-37(13-15)14-22(39)31-2)36-38(20)16-4-6-17(7-5-16)40-25-23(27)19(8-9-33-25)26(28,29)30/h8-13,16-17H,3-7,14H2,1-2H3,(H,31,39)(H,32,34). The number of hydrogen-bond donors (Lipinski definition) is 2. The molecule has 5 rings (SSSR count). The summed E-state index contributed by atoms with van der Waals surface area (Å²) in [5.41, 5.74) is 0.858. The van der Waals surface area contributed by atoms with Crippen LogP contribution in [0.5, 0.6) is 5.88 Å². The molecule has 2 N–H and O–H groups in total. The third-order valence-corrected chi connectivity index (χ3v) is 6.87. The molecule has 0 radical (unpaired) electrons. The van der Waals surface area contributed by atoms with Gasteiger partial charge in [-0.1, -0.05) is 0 Å². The van der Waals surface area contributed by atoms with E-state index in [0.717, 1.165) is 22.7 Å². The summed E-state index contributed by atoms with van der Waals surface area (Å²) in [4.78, 5) is 20.0. The summed E-state index contributed by atoms with van der Waals surface area (Å²) < 4.78 is 62.7. The summed E-state index contributed by atoms with van der Waals surface area (Å²) in [6.07, 6.45) is 2.91. The average molecular weight is 561 g/mol. The highest BCUT2D eigenvalue weighted by Crippen LogP contribution is 2.38. The van der Waals surface area contributed by atoms with E-state index in [0.29, 0.717) is 49.8 Å². The summed E-state index contributed by atoms with van der Waals surface area (Å²) in [6, 6.07) is 2.49. The second-order valence-corrected chi connectivity index (χ2v) is 9.53. The number of aromatic nitrogens is 6. The predicted molar refractivity (Wildman–Crippen MR) is 138 cm³/mol. The SMILES string of the molecule is CCNc1cc2c(cn1)c(-c1cnn(CC(=O)NC)c1)nn2C1CCC(Oc2nccc(C(F)(F)F)c2F)CC1. The Hall–Kier alpha value is -4.23. The van der Waals surface area contributed by atoms with Crippen molar-refractivity contribution >= 4 is 22.6 Å². The van der Waals surface area contributed by atoms with E-state index >= 15 is 0 Å². The van der Waals surface area contributed by atoms with Gasteiger partial charge in [0.2, 0.25) is 5.91 Å². The number of carbonyl (C=O) groups is 1. The van der Waals surface area contributed by atoms with E-state index in [1.54, 1.807) is 25.6 Å². The number of fused-ring (bicyclic) bond motifs is 1. The fourth-order valence-electron chi connectivity index (χ4n) is 4.89. The number of anilines is 1. The highest BCUT2D eigenvalue weighted by Gasteiger charge is 2.36. The van der Waals surface area contributed by atoms with E-state index in [1.165, 1.54) is 4.68 Å². The van der Waals surface area contributed by atoms with Crippen molar-refractivity contribution in [2.24, 2.45) is 0 Å². The molecule has 0 bridgehead atoms. The fraction of sp³-hybridized carbons (Fsp3) is 0.423. The van der Waals surface area contributed by atoms with Crippen LogP contribution < -0.4 is 15.4 Å². The van der Waals surface area contributed by atoms with Crippen molar-refractivity contribution in [2.75, 3.05) is 18.9 Å². The van der Waals surface area contributed by atoms with Crippen molar-refractivity contribution in [3.05, 3.63) is 48.3 Å². The van der Waals surface area contributed by atoms with Crippen LogP contribution in [0.3, 0.4) is 0 Å². The molecule has 0 atom stereocenters. The molecule has 1 aliphatic carbocycles. The molecule has 1 aliphatic rings. The Balaban J connectivity index is 1.38. The van der Waals surface area contributed by atoms with Crippen molar-refractivity contribution < 1.29 is 27.1 Å². The second kappa shape index (κ2) is 11.1. The monoisotopic (exact) mass is 560 g/mol. The number of carbonyl (C=O) groups excluding carboxylic acids is 1. The number of halogens is 4. The molecule has 4 heterocycles. The van der Waals surface area contributed by atoms with Crippen LogP contribution in [0.15, 0.2) is 36.9 Å². The van der Waals surface area contributed by atoms with Crippen molar-refractivity contribution in [3.63, 3.8) is 0 Å². The smallest absolute Gasteiger partial charge is 0.419 e. The van der Waals surface area contributed by atoms with Gasteiger partial charge in [-0.25, -0.2) is 14.4 Å². The molecule has 1 fully saturated rings. The van der Waals surface area contributed by atoms with Crippen LogP contribution in [0.2, 0.25) is 0 Å². The molecule has 0 aliphatic heterocycles. The van der Waals surface area contributed by atoms with Gasteiger partial charge in [0.05, 0.1) is 23.3 Å². The summed E-state index contributed by atoms with van der Waals surface area (Å²) in [7, 11) is 1.56. The van der Waals surface area contributed by atoms with Crippen LogP contribution in [0.25, 0.3) is 22.2 Å². The first-order valence-electron chi connectivity index (χ1n) is 12.9. The van der Waals surface area contributed by atoms with Gasteiger partial charge in [0, 0.05) is 49.2 Å². The van der Waals surface area contributed by atoms with Crippen molar-refractivity contribution in [1.29, 1.82) is 0 Å². The molecular weight excluding hydrogens is 532 g/mol. The number of nitrogens with one attached hydrogen (secondary N) is 2. The minimum atomic E-state index is -4.83. The molecule has 4 aromatic heterocycles. The quantitative estimate of drug-likeness (QED) is 0.303. The lowest BCUT2D eigenvalue weighted by Gasteiger charge is -2.29. The van der Waals surface area contributed by atoms with Crippen LogP contribution in [0, 0.1) is 5.82 Å². The van der Waals surface area contributed by atoms with Gasteiger partial charge in [-0.3, -0.25) is 14.2 Å². The zero-order valence-electron chi connectivity index (χ0n) is 21.9. The van der Waals surface area contributed by atoms with E-state index in [2.05, 4.69) is 25.7 Å². The molecule has 212 valence electrons. The van der Waals surface area contributed by atoms with Crippen LogP contribution in [0.1, 0.15) is 44.2 Å². The first-order chi connectivity index (χ1) is 19.2. The Bertz CT molecular complexity index is 1510. The molecule has 0 saturated heterocycles. The van der Waals surface area contributed by atoms with Gasteiger partial charge in [0.25, 0.3) is 5.88 Å². The number of amides is 1. The van der Waals surface area contributed by atoms with Crippen molar-refractivity contribution in [1.82, 2.24) is 34.8 Å². The van der Waals surface area contributed by atoms with Gasteiger partial charge in [-0.05, 0) is 38.7 Å². The topological polar surface area (TPSA) is 112 Å². The minimum Gasteiger partial charge on any atom is -0.472 e. The molecule has 0 spiro atoms. The second-order valence-electron chi connectivity index (χ2n) is 9.53. The highest BCUT2D eigenvalue weighted by molar-refractivity contribution is 5.93. The number of pyridine rings is 2. The van der Waals surface area contributed by atoms with Crippen LogP contribution in [-0.2, 0) is 17.5 Å². The number of ether oxygens (including phenoxy) is 1. The Morgan fingerprint density at radius 2 is 1.95 bits per heavy atom. The number of hydrogen-bond acceptors (Lipinski definition) is 7. The molecule has 0 aromatic carbocycles. The third kappa shape index (κ3) is 5.56. The largest absolute Gasteiger partial charge is 0.472 e. The summed E-state index contributed by atoms with van der Waals surface area (Å²) in [5.74, 6) is -1.62. The number of nitrogens with zero attached hydrogens (tertiary/aromatic N) is 6. The van der Waals surface area contributed by atoms with Gasteiger partial charge >= 0.3 is 6.18 Å². The third-order valence-electron chi connectivity index (χ3n) is 6.87. The van der Waals surface area contributed by atoms with Gasteiger partial charge in [0.1, 0.15) is 24.2 Å². The first kappa shape index (κ1) is 27.3. The first-order valence-corrected chi connectivity index (χ1v) is 12.9. The molecule has 4 aromatic rings. The van der Waals surface area contributed by atoms with E-state index in [1.807, 2.05) is 17.7 Å². The van der Waals surface area contributed by atoms with Gasteiger partial charge in [-0.2, -0.15) is 23.4 Å². The Morgan fingerprint density at radius 3 is 2.65 bits per heavy atom. The minimum absolute atomic E-state index is 0.0341.